The van der Waals surface area contributed by atoms with Crippen molar-refractivity contribution in [2.45, 2.75) is 116 Å². The van der Waals surface area contributed by atoms with E-state index in [1.54, 1.807) is 0 Å². The standard InChI is InChI=1S/C88H82N2/c1-83(2,3)59-37-45-63(46-38-59)87(64-47-39-60(40-48-64)84(4,5)6)77-55-71(89(67-27-17-13-18-28-67)68-29-19-14-20-30-68)53-54-72(77)75-56-79-76(57-78(75)87)82-74-36-26-25-35-73(74)81(90(69-31-21-15-22-32-69)70-33-23-16-24-34-70)58-80(82)88(79,65-49-41-61(42-50-65)85(7,8)9)66-51-43-62(44-52-66)86(10,11)12/h13-58H,1-12H3. The van der Waals surface area contributed by atoms with Crippen LogP contribution in [0.3, 0.4) is 0 Å². The Hall–Kier alpha value is -9.50. The zero-order valence-corrected chi connectivity index (χ0v) is 54.5. The van der Waals surface area contributed by atoms with Crippen LogP contribution in [0.1, 0.15) is 150 Å². The number of anilines is 6. The van der Waals surface area contributed by atoms with Gasteiger partial charge in [0.15, 0.2) is 0 Å². The van der Waals surface area contributed by atoms with E-state index in [-0.39, 0.29) is 21.7 Å². The van der Waals surface area contributed by atoms with E-state index in [0.29, 0.717) is 0 Å². The summed E-state index contributed by atoms with van der Waals surface area (Å²) < 4.78 is 0. The Labute approximate surface area is 535 Å². The molecule has 0 bridgehead atoms. The van der Waals surface area contributed by atoms with Crippen molar-refractivity contribution >= 4 is 44.9 Å². The number of fused-ring (bicyclic) bond motifs is 8. The highest BCUT2D eigenvalue weighted by atomic mass is 15.1. The van der Waals surface area contributed by atoms with Gasteiger partial charge in [-0.25, -0.2) is 0 Å². The molecule has 0 radical (unpaired) electrons. The first-order valence-electron chi connectivity index (χ1n) is 32.3. The number of hydrogen-bond acceptors (Lipinski definition) is 2. The Bertz CT molecular complexity index is 4420. The summed E-state index contributed by atoms with van der Waals surface area (Å²) in [5.74, 6) is 0. The van der Waals surface area contributed by atoms with Gasteiger partial charge >= 0.3 is 0 Å². The van der Waals surface area contributed by atoms with E-state index in [1.165, 1.54) is 99.8 Å². The molecule has 2 nitrogen and oxygen atoms in total. The molecule has 0 unspecified atom stereocenters. The van der Waals surface area contributed by atoms with Crippen molar-refractivity contribution in [1.29, 1.82) is 0 Å². The summed E-state index contributed by atoms with van der Waals surface area (Å²) in [6.07, 6.45) is 0. The molecule has 0 saturated carbocycles. The quantitative estimate of drug-likeness (QED) is 0.135. The maximum Gasteiger partial charge on any atom is 0.0714 e. The monoisotopic (exact) mass is 1170 g/mol. The lowest BCUT2D eigenvalue weighted by atomic mass is 9.65. The van der Waals surface area contributed by atoms with Gasteiger partial charge in [-0.1, -0.05) is 283 Å². The summed E-state index contributed by atoms with van der Waals surface area (Å²) in [6.45, 7) is 27.9. The van der Waals surface area contributed by atoms with Gasteiger partial charge in [0.1, 0.15) is 0 Å². The molecule has 0 N–H and O–H groups in total. The molecule has 2 aliphatic carbocycles. The van der Waals surface area contributed by atoms with Crippen molar-refractivity contribution in [3.05, 3.63) is 346 Å². The van der Waals surface area contributed by atoms with E-state index in [1.807, 2.05) is 0 Å². The van der Waals surface area contributed by atoms with E-state index in [2.05, 4.69) is 372 Å². The topological polar surface area (TPSA) is 6.48 Å². The van der Waals surface area contributed by atoms with Crippen LogP contribution in [0.2, 0.25) is 0 Å². The predicted octanol–water partition coefficient (Wildman–Crippen LogP) is 23.7. The Balaban J connectivity index is 1.17. The number of nitrogens with zero attached hydrogens (tertiary/aromatic N) is 2. The predicted molar refractivity (Wildman–Crippen MR) is 383 cm³/mol. The first-order valence-corrected chi connectivity index (χ1v) is 32.3. The first kappa shape index (κ1) is 58.2. The van der Waals surface area contributed by atoms with Crippen molar-refractivity contribution in [1.82, 2.24) is 0 Å². The normalized spacial score (nSPS) is 14.0. The zero-order valence-electron chi connectivity index (χ0n) is 54.5. The van der Waals surface area contributed by atoms with Crippen molar-refractivity contribution in [3.63, 3.8) is 0 Å². The third kappa shape index (κ3) is 9.52. The van der Waals surface area contributed by atoms with Crippen molar-refractivity contribution in [3.8, 4) is 22.3 Å². The molecule has 0 heterocycles. The lowest BCUT2D eigenvalue weighted by molar-refractivity contribution is 0.588. The molecule has 0 saturated heterocycles. The summed E-state index contributed by atoms with van der Waals surface area (Å²) >= 11 is 0. The number of para-hydroxylation sites is 4. The second-order valence-electron chi connectivity index (χ2n) is 29.4. The minimum atomic E-state index is -0.796. The molecule has 0 fully saturated rings. The molecule has 2 heteroatoms. The second-order valence-corrected chi connectivity index (χ2v) is 29.4. The number of hydrogen-bond donors (Lipinski definition) is 0. The summed E-state index contributed by atoms with van der Waals surface area (Å²) in [7, 11) is 0. The molecule has 2 aliphatic rings. The van der Waals surface area contributed by atoms with Crippen molar-refractivity contribution in [2.24, 2.45) is 0 Å². The minimum Gasteiger partial charge on any atom is -0.310 e. The summed E-state index contributed by atoms with van der Waals surface area (Å²) in [5, 5.41) is 2.41. The van der Waals surface area contributed by atoms with Crippen LogP contribution in [0.15, 0.2) is 279 Å². The third-order valence-electron chi connectivity index (χ3n) is 19.7. The molecule has 0 aromatic heterocycles. The second kappa shape index (κ2) is 21.6. The fourth-order valence-corrected chi connectivity index (χ4v) is 14.9. The molecule has 0 atom stereocenters. The van der Waals surface area contributed by atoms with Crippen LogP contribution >= 0.6 is 0 Å². The summed E-state index contributed by atoms with van der Waals surface area (Å²) in [6, 6.07) is 107. The Morgan fingerprint density at radius 3 is 0.922 bits per heavy atom. The SMILES string of the molecule is CC(C)(C)c1ccc(C2(c3ccc(C(C)(C)C)cc3)c3cc(N(c4ccccc4)c4ccccc4)ccc3-c3cc4c(cc32)-c2c(cc(N(c3ccccc3)c3ccccc3)c3ccccc23)C4(c2ccc(C(C)(C)C)cc2)c2ccc(C(C)(C)C)cc2)cc1. The Kier molecular flexibility index (Phi) is 14.0. The average Bonchev–Trinajstić information content (AvgIpc) is 1.50. The molecular formula is C88H82N2. The molecule has 12 aromatic carbocycles. The lowest BCUT2D eigenvalue weighted by Crippen LogP contribution is -2.30. The number of benzene rings is 12. The Morgan fingerprint density at radius 1 is 0.233 bits per heavy atom. The van der Waals surface area contributed by atoms with Gasteiger partial charge in [0, 0.05) is 33.8 Å². The highest BCUT2D eigenvalue weighted by molar-refractivity contribution is 6.12. The van der Waals surface area contributed by atoms with E-state index in [0.717, 1.165) is 34.1 Å². The highest BCUT2D eigenvalue weighted by Crippen LogP contribution is 2.65. The largest absolute Gasteiger partial charge is 0.310 e. The van der Waals surface area contributed by atoms with Crippen LogP contribution in [0.25, 0.3) is 33.0 Å². The zero-order chi connectivity index (χ0) is 62.5. The average molecular weight is 1170 g/mol. The first-order chi connectivity index (χ1) is 43.2. The van der Waals surface area contributed by atoms with E-state index < -0.39 is 10.8 Å². The molecule has 0 amide bonds. The molecule has 12 aromatic rings. The van der Waals surface area contributed by atoms with Crippen molar-refractivity contribution < 1.29 is 0 Å². The summed E-state index contributed by atoms with van der Waals surface area (Å²) in [4.78, 5) is 4.92. The lowest BCUT2D eigenvalue weighted by Gasteiger charge is -2.37. The maximum atomic E-state index is 2.68. The van der Waals surface area contributed by atoms with Crippen molar-refractivity contribution in [2.75, 3.05) is 9.80 Å². The summed E-state index contributed by atoms with van der Waals surface area (Å²) in [5.41, 5.74) is 25.1. The van der Waals surface area contributed by atoms with E-state index in [9.17, 15) is 0 Å². The van der Waals surface area contributed by atoms with Crippen LogP contribution in [-0.4, -0.2) is 0 Å². The van der Waals surface area contributed by atoms with Crippen LogP contribution in [0.4, 0.5) is 34.1 Å². The van der Waals surface area contributed by atoms with Gasteiger partial charge < -0.3 is 9.80 Å². The molecule has 90 heavy (non-hydrogen) atoms. The molecule has 444 valence electrons. The Morgan fingerprint density at radius 2 is 0.544 bits per heavy atom. The van der Waals surface area contributed by atoms with Crippen LogP contribution < -0.4 is 9.80 Å². The molecule has 14 rings (SSSR count). The van der Waals surface area contributed by atoms with Gasteiger partial charge in [0.2, 0.25) is 0 Å². The van der Waals surface area contributed by atoms with Crippen LogP contribution in [0, 0.1) is 0 Å². The molecule has 0 aliphatic heterocycles. The minimum absolute atomic E-state index is 0.0505. The van der Waals surface area contributed by atoms with Crippen LogP contribution in [0.5, 0.6) is 0 Å². The van der Waals surface area contributed by atoms with Gasteiger partial charge in [-0.15, -0.1) is 0 Å². The van der Waals surface area contributed by atoms with Gasteiger partial charge in [-0.2, -0.15) is 0 Å². The van der Waals surface area contributed by atoms with E-state index >= 15 is 0 Å². The number of rotatable bonds is 10. The van der Waals surface area contributed by atoms with Gasteiger partial charge in [0.05, 0.1) is 16.5 Å². The third-order valence-corrected chi connectivity index (χ3v) is 19.7. The maximum absolute atomic E-state index is 2.68. The van der Waals surface area contributed by atoms with Crippen LogP contribution in [-0.2, 0) is 32.5 Å². The molecular weight excluding hydrogens is 1080 g/mol. The van der Waals surface area contributed by atoms with Gasteiger partial charge in [-0.3, -0.25) is 0 Å². The molecule has 0 spiro atoms. The fraction of sp³-hybridized carbons (Fsp3) is 0.205. The highest BCUT2D eigenvalue weighted by Gasteiger charge is 2.53. The fourth-order valence-electron chi connectivity index (χ4n) is 14.9. The van der Waals surface area contributed by atoms with Gasteiger partial charge in [0.25, 0.3) is 0 Å². The smallest absolute Gasteiger partial charge is 0.0714 e. The van der Waals surface area contributed by atoms with Gasteiger partial charge in [-0.05, 0) is 195 Å². The van der Waals surface area contributed by atoms with E-state index in [4.69, 9.17) is 0 Å².